The van der Waals surface area contributed by atoms with Crippen molar-refractivity contribution in [1.82, 2.24) is 0 Å². The smallest absolute Gasteiger partial charge is 0.0640 e. The zero-order chi connectivity index (χ0) is 10.5. The normalized spacial score (nSPS) is 30.9. The fraction of sp³-hybridized carbons (Fsp3) is 0.846. The zero-order valence-electron chi connectivity index (χ0n) is 9.71. The first-order valence-electron chi connectivity index (χ1n) is 6.18. The molecule has 0 N–H and O–H groups in total. The van der Waals surface area contributed by atoms with E-state index in [9.17, 15) is 0 Å². The van der Waals surface area contributed by atoms with Crippen LogP contribution in [-0.2, 0) is 9.47 Å². The van der Waals surface area contributed by atoms with Crippen molar-refractivity contribution < 1.29 is 9.47 Å². The number of ether oxygens (including phenoxy) is 2. The molecule has 1 heterocycles. The molecule has 0 saturated carbocycles. The Kier molecular flexibility index (Phi) is 4.21. The van der Waals surface area contributed by atoms with Crippen LogP contribution in [0.5, 0.6) is 0 Å². The number of hydrogen-bond acceptors (Lipinski definition) is 2. The maximum atomic E-state index is 5.79. The summed E-state index contributed by atoms with van der Waals surface area (Å²) in [5.74, 6) is 0.807. The summed E-state index contributed by atoms with van der Waals surface area (Å²) >= 11 is 0. The molecule has 0 aromatic rings. The summed E-state index contributed by atoms with van der Waals surface area (Å²) in [7, 11) is 1.78. The van der Waals surface area contributed by atoms with E-state index in [0.717, 1.165) is 25.6 Å². The van der Waals surface area contributed by atoms with Gasteiger partial charge in [0.1, 0.15) is 0 Å². The predicted molar refractivity (Wildman–Crippen MR) is 60.9 cm³/mol. The monoisotopic (exact) mass is 210 g/mol. The fourth-order valence-corrected chi connectivity index (χ4v) is 2.75. The van der Waals surface area contributed by atoms with Crippen molar-refractivity contribution in [2.24, 2.45) is 5.92 Å². The molecular weight excluding hydrogens is 188 g/mol. The number of methoxy groups -OCH3 is 1. The van der Waals surface area contributed by atoms with Gasteiger partial charge in [-0.05, 0) is 44.4 Å². The average Bonchev–Trinajstić information content (AvgIpc) is 2.29. The molecule has 2 aliphatic rings. The summed E-state index contributed by atoms with van der Waals surface area (Å²) in [5, 5.41) is 0. The van der Waals surface area contributed by atoms with Crippen LogP contribution in [0.15, 0.2) is 11.6 Å². The first-order chi connectivity index (χ1) is 7.40. The van der Waals surface area contributed by atoms with Gasteiger partial charge in [0.25, 0.3) is 0 Å². The zero-order valence-corrected chi connectivity index (χ0v) is 9.71. The highest BCUT2D eigenvalue weighted by atomic mass is 16.5. The van der Waals surface area contributed by atoms with Gasteiger partial charge in [-0.25, -0.2) is 0 Å². The molecule has 0 amide bonds. The number of rotatable bonds is 4. The minimum Gasteiger partial charge on any atom is -0.385 e. The van der Waals surface area contributed by atoms with Crippen molar-refractivity contribution in [3.63, 3.8) is 0 Å². The van der Waals surface area contributed by atoms with Crippen LogP contribution in [0.3, 0.4) is 0 Å². The molecule has 1 aliphatic carbocycles. The first-order valence-corrected chi connectivity index (χ1v) is 6.18. The molecule has 2 nitrogen and oxygen atoms in total. The number of fused-ring (bicyclic) bond motifs is 1. The van der Waals surface area contributed by atoms with Gasteiger partial charge >= 0.3 is 0 Å². The summed E-state index contributed by atoms with van der Waals surface area (Å²) < 4.78 is 10.9. The second-order valence-corrected chi connectivity index (χ2v) is 4.71. The second kappa shape index (κ2) is 5.66. The highest BCUT2D eigenvalue weighted by Crippen LogP contribution is 2.34. The lowest BCUT2D eigenvalue weighted by Gasteiger charge is -2.35. The van der Waals surface area contributed by atoms with E-state index in [1.54, 1.807) is 12.7 Å². The molecule has 0 aromatic heterocycles. The van der Waals surface area contributed by atoms with Crippen LogP contribution in [0.2, 0.25) is 0 Å². The minimum atomic E-state index is 0.532. The fourth-order valence-electron chi connectivity index (χ4n) is 2.75. The standard InChI is InChI=1S/C13H22O2/c1-14-8-2-4-11-6-7-13-12(10-11)5-3-9-15-13/h6,12-13H,2-5,7-10H2,1H3. The van der Waals surface area contributed by atoms with E-state index in [4.69, 9.17) is 9.47 Å². The van der Waals surface area contributed by atoms with Gasteiger partial charge in [0.2, 0.25) is 0 Å². The maximum Gasteiger partial charge on any atom is 0.0640 e. The Balaban J connectivity index is 1.79. The largest absolute Gasteiger partial charge is 0.385 e. The Morgan fingerprint density at radius 2 is 2.47 bits per heavy atom. The molecule has 2 atom stereocenters. The van der Waals surface area contributed by atoms with Gasteiger partial charge in [-0.3, -0.25) is 0 Å². The van der Waals surface area contributed by atoms with Crippen LogP contribution in [0.1, 0.15) is 38.5 Å². The molecule has 2 heteroatoms. The molecule has 0 bridgehead atoms. The summed E-state index contributed by atoms with van der Waals surface area (Å²) in [4.78, 5) is 0. The van der Waals surface area contributed by atoms with E-state index in [0.29, 0.717) is 6.10 Å². The van der Waals surface area contributed by atoms with Crippen LogP contribution in [0, 0.1) is 5.92 Å². The van der Waals surface area contributed by atoms with Crippen LogP contribution in [-0.4, -0.2) is 26.4 Å². The van der Waals surface area contributed by atoms with E-state index < -0.39 is 0 Å². The van der Waals surface area contributed by atoms with Crippen molar-refractivity contribution in [3.8, 4) is 0 Å². The second-order valence-electron chi connectivity index (χ2n) is 4.71. The Morgan fingerprint density at radius 3 is 3.33 bits per heavy atom. The third-order valence-electron chi connectivity index (χ3n) is 3.59. The van der Waals surface area contributed by atoms with E-state index in [2.05, 4.69) is 6.08 Å². The van der Waals surface area contributed by atoms with Crippen molar-refractivity contribution in [2.45, 2.75) is 44.6 Å². The highest BCUT2D eigenvalue weighted by Gasteiger charge is 2.28. The van der Waals surface area contributed by atoms with Gasteiger partial charge in [-0.15, -0.1) is 0 Å². The molecule has 0 radical (unpaired) electrons. The van der Waals surface area contributed by atoms with Crippen molar-refractivity contribution in [1.29, 1.82) is 0 Å². The van der Waals surface area contributed by atoms with Gasteiger partial charge in [0, 0.05) is 20.3 Å². The topological polar surface area (TPSA) is 18.5 Å². The van der Waals surface area contributed by atoms with Crippen LogP contribution >= 0.6 is 0 Å². The number of allylic oxidation sites excluding steroid dienone is 1. The maximum absolute atomic E-state index is 5.79. The van der Waals surface area contributed by atoms with E-state index in [-0.39, 0.29) is 0 Å². The molecular formula is C13H22O2. The van der Waals surface area contributed by atoms with E-state index >= 15 is 0 Å². The Bertz CT molecular complexity index is 223. The molecule has 0 aromatic carbocycles. The quantitative estimate of drug-likeness (QED) is 0.524. The lowest BCUT2D eigenvalue weighted by atomic mass is 9.81. The van der Waals surface area contributed by atoms with Gasteiger partial charge in [0.15, 0.2) is 0 Å². The molecule has 2 unspecified atom stereocenters. The van der Waals surface area contributed by atoms with Crippen molar-refractivity contribution in [3.05, 3.63) is 11.6 Å². The lowest BCUT2D eigenvalue weighted by Crippen LogP contribution is -2.31. The van der Waals surface area contributed by atoms with E-state index in [1.165, 1.54) is 32.1 Å². The lowest BCUT2D eigenvalue weighted by molar-refractivity contribution is -0.0280. The van der Waals surface area contributed by atoms with Gasteiger partial charge in [0.05, 0.1) is 6.10 Å². The molecule has 1 fully saturated rings. The van der Waals surface area contributed by atoms with Crippen LogP contribution < -0.4 is 0 Å². The number of hydrogen-bond donors (Lipinski definition) is 0. The molecule has 86 valence electrons. The summed E-state index contributed by atoms with van der Waals surface area (Å²) in [6, 6.07) is 0. The Labute approximate surface area is 92.6 Å². The minimum absolute atomic E-state index is 0.532. The summed E-state index contributed by atoms with van der Waals surface area (Å²) in [6.07, 6.45) is 10.4. The third kappa shape index (κ3) is 3.05. The first kappa shape index (κ1) is 11.2. The Morgan fingerprint density at radius 1 is 1.53 bits per heavy atom. The van der Waals surface area contributed by atoms with Gasteiger partial charge < -0.3 is 9.47 Å². The Hall–Kier alpha value is -0.340. The molecule has 2 rings (SSSR count). The van der Waals surface area contributed by atoms with E-state index in [1.807, 2.05) is 0 Å². The van der Waals surface area contributed by atoms with Crippen molar-refractivity contribution >= 4 is 0 Å². The van der Waals surface area contributed by atoms with Crippen molar-refractivity contribution in [2.75, 3.05) is 20.3 Å². The third-order valence-corrected chi connectivity index (χ3v) is 3.59. The summed E-state index contributed by atoms with van der Waals surface area (Å²) in [6.45, 7) is 1.87. The molecule has 1 saturated heterocycles. The summed E-state index contributed by atoms with van der Waals surface area (Å²) in [5.41, 5.74) is 1.64. The molecule has 0 spiro atoms. The molecule has 1 aliphatic heterocycles. The van der Waals surface area contributed by atoms with Gasteiger partial charge in [-0.2, -0.15) is 0 Å². The van der Waals surface area contributed by atoms with Crippen LogP contribution in [0.4, 0.5) is 0 Å². The average molecular weight is 210 g/mol. The van der Waals surface area contributed by atoms with Crippen LogP contribution in [0.25, 0.3) is 0 Å². The highest BCUT2D eigenvalue weighted by molar-refractivity contribution is 5.09. The predicted octanol–water partition coefficient (Wildman–Crippen LogP) is 2.93. The van der Waals surface area contributed by atoms with Gasteiger partial charge in [-0.1, -0.05) is 11.6 Å². The molecule has 15 heavy (non-hydrogen) atoms. The SMILES string of the molecule is COCCCC1=CCC2OCCCC2C1.